The second-order valence-corrected chi connectivity index (χ2v) is 11.1. The summed E-state index contributed by atoms with van der Waals surface area (Å²) in [4.78, 5) is 34.2. The molecule has 212 valence electrons. The summed E-state index contributed by atoms with van der Waals surface area (Å²) in [6, 6.07) is 20.1. The number of ether oxygens (including phenoxy) is 2. The predicted octanol–water partition coefficient (Wildman–Crippen LogP) is 6.14. The number of halogens is 1. The first-order chi connectivity index (χ1) is 19.7. The number of nitrogens with zero attached hydrogens (tertiary/aromatic N) is 4. The van der Waals surface area contributed by atoms with Crippen molar-refractivity contribution >= 4 is 40.7 Å². The molecule has 0 spiro atoms. The van der Waals surface area contributed by atoms with Crippen LogP contribution in [-0.4, -0.2) is 53.1 Å². The highest BCUT2D eigenvalue weighted by Crippen LogP contribution is 2.34. The number of rotatable bonds is 11. The van der Waals surface area contributed by atoms with E-state index in [1.54, 1.807) is 28.8 Å². The predicted molar refractivity (Wildman–Crippen MR) is 160 cm³/mol. The number of carbonyl (C=O) groups excluding carboxylic acids is 2. The molecule has 9 nitrogen and oxygen atoms in total. The number of carbonyl (C=O) groups is 2. The van der Waals surface area contributed by atoms with Crippen LogP contribution in [-0.2, 0) is 9.59 Å². The van der Waals surface area contributed by atoms with Gasteiger partial charge in [-0.05, 0) is 55.8 Å². The Hall–Kier alpha value is -4.33. The van der Waals surface area contributed by atoms with Crippen molar-refractivity contribution in [3.63, 3.8) is 0 Å². The minimum absolute atomic E-state index is 0.0652. The third kappa shape index (κ3) is 6.88. The van der Waals surface area contributed by atoms with Gasteiger partial charge in [-0.2, -0.15) is 5.26 Å². The number of benzene rings is 2. The molecular formula is C30H30ClN5O4S. The van der Waals surface area contributed by atoms with Gasteiger partial charge in [0.2, 0.25) is 17.8 Å². The molecule has 1 N–H and O–H groups in total. The third-order valence-corrected chi connectivity index (χ3v) is 7.69. The van der Waals surface area contributed by atoms with Gasteiger partial charge in [-0.1, -0.05) is 35.9 Å². The monoisotopic (exact) mass is 591 g/mol. The lowest BCUT2D eigenvalue weighted by Gasteiger charge is -2.30. The van der Waals surface area contributed by atoms with E-state index >= 15 is 0 Å². The molecular weight excluding hydrogens is 562 g/mol. The van der Waals surface area contributed by atoms with Crippen molar-refractivity contribution in [3.8, 4) is 33.8 Å². The Morgan fingerprint density at radius 3 is 2.44 bits per heavy atom. The molecule has 41 heavy (non-hydrogen) atoms. The van der Waals surface area contributed by atoms with Gasteiger partial charge < -0.3 is 14.4 Å². The van der Waals surface area contributed by atoms with E-state index in [1.165, 1.54) is 30.5 Å². The number of thiophene rings is 1. The zero-order chi connectivity index (χ0) is 29.5. The molecule has 1 unspecified atom stereocenters. The van der Waals surface area contributed by atoms with Gasteiger partial charge in [0.15, 0.2) is 11.5 Å². The van der Waals surface area contributed by atoms with Gasteiger partial charge in [0, 0.05) is 17.9 Å². The zero-order valence-electron chi connectivity index (χ0n) is 23.1. The Morgan fingerprint density at radius 1 is 1.10 bits per heavy atom. The lowest BCUT2D eigenvalue weighted by atomic mass is 9.93. The molecule has 11 heteroatoms. The van der Waals surface area contributed by atoms with E-state index in [-0.39, 0.29) is 24.9 Å². The molecule has 1 atom stereocenters. The van der Waals surface area contributed by atoms with Crippen molar-refractivity contribution in [1.82, 2.24) is 14.5 Å². The molecule has 2 heterocycles. The molecule has 2 aromatic carbocycles. The van der Waals surface area contributed by atoms with Crippen LogP contribution in [0.1, 0.15) is 31.7 Å². The SMILES string of the molecule is COc1ccc(C(CC#N)C(=O)N(CC(=O)Nc2nc(-c3ccc(Cl)s3)cn2-c2ccccc2)C(C)C)cc1OC. The highest BCUT2D eigenvalue weighted by atomic mass is 35.5. The van der Waals surface area contributed by atoms with Crippen LogP contribution in [0, 0.1) is 11.3 Å². The number of hydrogen-bond acceptors (Lipinski definition) is 7. The number of amides is 2. The first kappa shape index (κ1) is 29.6. The summed E-state index contributed by atoms with van der Waals surface area (Å²) in [6.07, 6.45) is 1.77. The minimum atomic E-state index is -0.795. The molecule has 0 saturated heterocycles. The van der Waals surface area contributed by atoms with Gasteiger partial charge in [0.25, 0.3) is 0 Å². The minimum Gasteiger partial charge on any atom is -0.493 e. The second-order valence-electron chi connectivity index (χ2n) is 9.40. The van der Waals surface area contributed by atoms with Crippen molar-refractivity contribution in [2.24, 2.45) is 0 Å². The Labute approximate surface area is 247 Å². The second kappa shape index (κ2) is 13.4. The first-order valence-electron chi connectivity index (χ1n) is 12.8. The number of hydrogen-bond donors (Lipinski definition) is 1. The fourth-order valence-corrected chi connectivity index (χ4v) is 5.36. The number of imidazole rings is 1. The van der Waals surface area contributed by atoms with Crippen LogP contribution in [0.25, 0.3) is 16.3 Å². The number of aromatic nitrogens is 2. The molecule has 0 aliphatic heterocycles. The smallest absolute Gasteiger partial charge is 0.246 e. The summed E-state index contributed by atoms with van der Waals surface area (Å²) < 4.78 is 13.1. The van der Waals surface area contributed by atoms with Gasteiger partial charge >= 0.3 is 0 Å². The molecule has 0 saturated carbocycles. The van der Waals surface area contributed by atoms with Gasteiger partial charge in [-0.15, -0.1) is 11.3 Å². The fourth-order valence-electron chi connectivity index (χ4n) is 4.37. The zero-order valence-corrected chi connectivity index (χ0v) is 24.7. The van der Waals surface area contributed by atoms with Crippen LogP contribution in [0.2, 0.25) is 4.34 Å². The van der Waals surface area contributed by atoms with Gasteiger partial charge in [-0.25, -0.2) is 4.98 Å². The molecule has 0 radical (unpaired) electrons. The van der Waals surface area contributed by atoms with E-state index in [0.717, 1.165) is 10.6 Å². The van der Waals surface area contributed by atoms with E-state index in [9.17, 15) is 14.9 Å². The van der Waals surface area contributed by atoms with E-state index < -0.39 is 11.8 Å². The molecule has 0 bridgehead atoms. The van der Waals surface area contributed by atoms with E-state index in [0.29, 0.717) is 33.0 Å². The lowest BCUT2D eigenvalue weighted by Crippen LogP contribution is -2.44. The van der Waals surface area contributed by atoms with Crippen LogP contribution < -0.4 is 14.8 Å². The number of nitriles is 1. The van der Waals surface area contributed by atoms with E-state index in [2.05, 4.69) is 16.4 Å². The first-order valence-corrected chi connectivity index (χ1v) is 14.0. The molecule has 2 amide bonds. The van der Waals surface area contributed by atoms with Gasteiger partial charge in [0.05, 0.1) is 41.8 Å². The van der Waals surface area contributed by atoms with Gasteiger partial charge in [-0.3, -0.25) is 19.5 Å². The van der Waals surface area contributed by atoms with E-state index in [1.807, 2.05) is 56.4 Å². The number of nitrogens with one attached hydrogen (secondary N) is 1. The molecule has 4 aromatic rings. The maximum absolute atomic E-state index is 13.8. The number of anilines is 1. The van der Waals surface area contributed by atoms with Crippen LogP contribution in [0.4, 0.5) is 5.95 Å². The van der Waals surface area contributed by atoms with Crippen molar-refractivity contribution < 1.29 is 19.1 Å². The normalized spacial score (nSPS) is 11.5. The summed E-state index contributed by atoms with van der Waals surface area (Å²) in [7, 11) is 3.03. The van der Waals surface area contributed by atoms with Crippen LogP contribution in [0.15, 0.2) is 66.9 Å². The Balaban J connectivity index is 1.60. The Bertz CT molecular complexity index is 1560. The molecule has 4 rings (SSSR count). The van der Waals surface area contributed by atoms with Gasteiger partial charge in [0.1, 0.15) is 12.2 Å². The fraction of sp³-hybridized carbons (Fsp3) is 0.267. The average Bonchev–Trinajstić information content (AvgIpc) is 3.60. The van der Waals surface area contributed by atoms with Crippen LogP contribution in [0.5, 0.6) is 11.5 Å². The topological polar surface area (TPSA) is 109 Å². The van der Waals surface area contributed by atoms with Crippen molar-refractivity contribution in [2.45, 2.75) is 32.2 Å². The largest absolute Gasteiger partial charge is 0.493 e. The van der Waals surface area contributed by atoms with E-state index in [4.69, 9.17) is 21.1 Å². The Morgan fingerprint density at radius 2 is 1.83 bits per heavy atom. The summed E-state index contributed by atoms with van der Waals surface area (Å²) in [5.41, 5.74) is 2.06. The summed E-state index contributed by atoms with van der Waals surface area (Å²) in [6.45, 7) is 3.42. The maximum atomic E-state index is 13.8. The number of para-hydroxylation sites is 1. The average molecular weight is 592 g/mol. The highest BCUT2D eigenvalue weighted by Gasteiger charge is 2.30. The quantitative estimate of drug-likeness (QED) is 0.224. The summed E-state index contributed by atoms with van der Waals surface area (Å²) >= 11 is 7.53. The summed E-state index contributed by atoms with van der Waals surface area (Å²) in [5, 5.41) is 12.4. The maximum Gasteiger partial charge on any atom is 0.246 e. The third-order valence-electron chi connectivity index (χ3n) is 6.44. The lowest BCUT2D eigenvalue weighted by molar-refractivity contribution is -0.137. The Kier molecular flexibility index (Phi) is 9.65. The standard InChI is InChI=1S/C30H30ClN5O4S/c1-19(2)35(29(38)22(14-15-32)20-10-11-24(39-3)25(16-20)40-4)18-28(37)34-30-33-23(26-12-13-27(31)41-26)17-36(30)21-8-6-5-7-9-21/h5-13,16-17,19,22H,14,18H2,1-4H3,(H,33,34,37). The summed E-state index contributed by atoms with van der Waals surface area (Å²) in [5.74, 6) is -0.289. The van der Waals surface area contributed by atoms with Crippen molar-refractivity contribution in [3.05, 3.63) is 76.8 Å². The van der Waals surface area contributed by atoms with Crippen LogP contribution in [0.3, 0.4) is 0 Å². The molecule has 0 aliphatic carbocycles. The van der Waals surface area contributed by atoms with Crippen molar-refractivity contribution in [2.75, 3.05) is 26.1 Å². The highest BCUT2D eigenvalue weighted by molar-refractivity contribution is 7.19. The molecule has 2 aromatic heterocycles. The molecule has 0 fully saturated rings. The number of methoxy groups -OCH3 is 2. The molecule has 0 aliphatic rings. The van der Waals surface area contributed by atoms with Crippen molar-refractivity contribution in [1.29, 1.82) is 5.26 Å². The van der Waals surface area contributed by atoms with Crippen LogP contribution >= 0.6 is 22.9 Å².